The van der Waals surface area contributed by atoms with Gasteiger partial charge in [0.25, 0.3) is 0 Å². The molecule has 6 heteroatoms. The first-order valence-corrected chi connectivity index (χ1v) is 5.90. The van der Waals surface area contributed by atoms with Gasteiger partial charge in [0.15, 0.2) is 0 Å². The minimum atomic E-state index is -0.712. The van der Waals surface area contributed by atoms with Gasteiger partial charge in [-0.1, -0.05) is 11.6 Å². The molecule has 0 unspecified atom stereocenters. The number of esters is 1. The average Bonchev–Trinajstić information content (AvgIpc) is 2.32. The molecule has 0 saturated heterocycles. The molecule has 1 aromatic rings. The molecule has 0 aromatic heterocycles. The van der Waals surface area contributed by atoms with Crippen molar-refractivity contribution in [3.05, 3.63) is 29.3 Å². The summed E-state index contributed by atoms with van der Waals surface area (Å²) in [6.45, 7) is 1.88. The van der Waals surface area contributed by atoms with Gasteiger partial charge in [-0.05, 0) is 31.2 Å². The monoisotopic (exact) mass is 268 g/mol. The van der Waals surface area contributed by atoms with E-state index in [1.54, 1.807) is 37.3 Å². The molecule has 0 bridgehead atoms. The molecule has 0 atom stereocenters. The fourth-order valence-corrected chi connectivity index (χ4v) is 1.59. The largest absolute Gasteiger partial charge is 0.461 e. The summed E-state index contributed by atoms with van der Waals surface area (Å²) in [6, 6.07) is 8.60. The van der Waals surface area contributed by atoms with Gasteiger partial charge in [-0.15, -0.1) is 0 Å². The summed E-state index contributed by atoms with van der Waals surface area (Å²) in [5, 5.41) is 9.34. The maximum absolute atomic E-state index is 11.2. The van der Waals surface area contributed by atoms with Crippen molar-refractivity contribution in [2.24, 2.45) is 4.40 Å². The lowest BCUT2D eigenvalue weighted by molar-refractivity contribution is -0.134. The molecule has 0 saturated carbocycles. The van der Waals surface area contributed by atoms with E-state index in [1.165, 1.54) is 0 Å². The number of nitriles is 1. The molecule has 0 aliphatic heterocycles. The predicted molar refractivity (Wildman–Crippen MR) is 67.0 cm³/mol. The fourth-order valence-electron chi connectivity index (χ4n) is 0.897. The quantitative estimate of drug-likeness (QED) is 0.478. The van der Waals surface area contributed by atoms with Crippen LogP contribution in [0.3, 0.4) is 0 Å². The Bertz CT molecular complexity index is 465. The number of benzene rings is 1. The van der Waals surface area contributed by atoms with Gasteiger partial charge in [-0.25, -0.2) is 4.79 Å². The zero-order valence-electron chi connectivity index (χ0n) is 9.01. The van der Waals surface area contributed by atoms with E-state index < -0.39 is 5.97 Å². The summed E-state index contributed by atoms with van der Waals surface area (Å²) >= 11 is 6.74. The SMILES string of the molecule is CCOC(=O)/C(C#N)=N/Sc1ccc(Cl)cc1. The molecule has 0 fully saturated rings. The Hall–Kier alpha value is -1.51. The number of carbonyl (C=O) groups is 1. The fraction of sp³-hybridized carbons (Fsp3) is 0.182. The number of carbonyl (C=O) groups excluding carboxylic acids is 1. The Morgan fingerprint density at radius 3 is 2.71 bits per heavy atom. The minimum Gasteiger partial charge on any atom is -0.461 e. The molecular formula is C11H9ClN2O2S. The second kappa shape index (κ2) is 6.94. The maximum atomic E-state index is 11.2. The molecule has 17 heavy (non-hydrogen) atoms. The van der Waals surface area contributed by atoms with Crippen molar-refractivity contribution in [3.63, 3.8) is 0 Å². The highest BCUT2D eigenvalue weighted by Gasteiger charge is 2.11. The van der Waals surface area contributed by atoms with E-state index in [0.29, 0.717) is 5.02 Å². The standard InChI is InChI=1S/C11H9ClN2O2S/c1-2-16-11(15)10(7-13)14-17-9-5-3-8(12)4-6-9/h3-6H,2H2,1H3/b14-10+. The van der Waals surface area contributed by atoms with Crippen molar-refractivity contribution in [1.29, 1.82) is 5.26 Å². The molecule has 4 nitrogen and oxygen atoms in total. The second-order valence-electron chi connectivity index (χ2n) is 2.82. The lowest BCUT2D eigenvalue weighted by Gasteiger charge is -1.98. The Labute approximate surface area is 108 Å². The first-order chi connectivity index (χ1) is 8.17. The van der Waals surface area contributed by atoms with Crippen molar-refractivity contribution in [2.75, 3.05) is 6.61 Å². The van der Waals surface area contributed by atoms with Crippen LogP contribution in [0.5, 0.6) is 0 Å². The lowest BCUT2D eigenvalue weighted by Crippen LogP contribution is -2.15. The van der Waals surface area contributed by atoms with Crippen molar-refractivity contribution in [3.8, 4) is 6.07 Å². The first kappa shape index (κ1) is 13.6. The van der Waals surface area contributed by atoms with E-state index in [9.17, 15) is 4.79 Å². The van der Waals surface area contributed by atoms with Gasteiger partial charge in [0.2, 0.25) is 5.71 Å². The van der Waals surface area contributed by atoms with Crippen LogP contribution in [0.4, 0.5) is 0 Å². The predicted octanol–water partition coefficient (Wildman–Crippen LogP) is 2.87. The number of hydrogen-bond acceptors (Lipinski definition) is 5. The smallest absolute Gasteiger partial charge is 0.368 e. The molecule has 0 radical (unpaired) electrons. The molecule has 0 N–H and O–H groups in total. The summed E-state index contributed by atoms with van der Waals surface area (Å²) in [5.41, 5.74) is -0.258. The van der Waals surface area contributed by atoms with Crippen molar-refractivity contribution < 1.29 is 9.53 Å². The van der Waals surface area contributed by atoms with Crippen LogP contribution < -0.4 is 0 Å². The van der Waals surface area contributed by atoms with Gasteiger partial charge in [0.1, 0.15) is 6.07 Å². The molecule has 0 aliphatic carbocycles. The van der Waals surface area contributed by atoms with Gasteiger partial charge in [-0.3, -0.25) is 0 Å². The summed E-state index contributed by atoms with van der Waals surface area (Å²) in [5.74, 6) is -0.712. The molecule has 0 heterocycles. The number of hydrogen-bond donors (Lipinski definition) is 0. The highest BCUT2D eigenvalue weighted by molar-refractivity contribution is 7.98. The third kappa shape index (κ3) is 4.47. The number of rotatable bonds is 4. The van der Waals surface area contributed by atoms with Crippen molar-refractivity contribution in [1.82, 2.24) is 0 Å². The summed E-state index contributed by atoms with van der Waals surface area (Å²) in [4.78, 5) is 12.0. The third-order valence-electron chi connectivity index (χ3n) is 1.63. The molecule has 0 spiro atoms. The van der Waals surface area contributed by atoms with Crippen LogP contribution in [0, 0.1) is 11.3 Å². The van der Waals surface area contributed by atoms with E-state index in [4.69, 9.17) is 16.9 Å². The number of ether oxygens (including phenoxy) is 1. The van der Waals surface area contributed by atoms with Crippen LogP contribution in [-0.2, 0) is 9.53 Å². The van der Waals surface area contributed by atoms with Crippen LogP contribution in [-0.4, -0.2) is 18.3 Å². The van der Waals surface area contributed by atoms with Gasteiger partial charge < -0.3 is 4.74 Å². The maximum Gasteiger partial charge on any atom is 0.368 e. The number of halogens is 1. The Kier molecular flexibility index (Phi) is 5.53. The van der Waals surface area contributed by atoms with E-state index >= 15 is 0 Å². The van der Waals surface area contributed by atoms with E-state index in [0.717, 1.165) is 16.8 Å². The highest BCUT2D eigenvalue weighted by Crippen LogP contribution is 2.21. The van der Waals surface area contributed by atoms with Crippen LogP contribution in [0.1, 0.15) is 6.92 Å². The van der Waals surface area contributed by atoms with E-state index in [1.807, 2.05) is 0 Å². The molecular weight excluding hydrogens is 260 g/mol. The normalized spacial score (nSPS) is 10.8. The van der Waals surface area contributed by atoms with Gasteiger partial charge in [-0.2, -0.15) is 9.66 Å². The third-order valence-corrected chi connectivity index (χ3v) is 2.64. The lowest BCUT2D eigenvalue weighted by atomic mass is 10.4. The van der Waals surface area contributed by atoms with Crippen molar-refractivity contribution >= 4 is 35.2 Å². The van der Waals surface area contributed by atoms with Crippen LogP contribution >= 0.6 is 23.5 Å². The zero-order chi connectivity index (χ0) is 12.7. The highest BCUT2D eigenvalue weighted by atomic mass is 35.5. The molecule has 1 aromatic carbocycles. The molecule has 0 aliphatic rings. The minimum absolute atomic E-state index is 0.213. The van der Waals surface area contributed by atoms with Crippen LogP contribution in [0.25, 0.3) is 0 Å². The topological polar surface area (TPSA) is 62.5 Å². The Morgan fingerprint density at radius 2 is 2.18 bits per heavy atom. The Balaban J connectivity index is 2.71. The molecule has 0 amide bonds. The second-order valence-corrected chi connectivity index (χ2v) is 4.09. The van der Waals surface area contributed by atoms with Gasteiger partial charge >= 0.3 is 5.97 Å². The first-order valence-electron chi connectivity index (χ1n) is 4.75. The van der Waals surface area contributed by atoms with Crippen LogP contribution in [0.2, 0.25) is 5.02 Å². The van der Waals surface area contributed by atoms with Gasteiger partial charge in [0.05, 0.1) is 6.61 Å². The van der Waals surface area contributed by atoms with E-state index in [2.05, 4.69) is 9.13 Å². The summed E-state index contributed by atoms with van der Waals surface area (Å²) in [6.07, 6.45) is 0. The average molecular weight is 269 g/mol. The number of nitrogens with zero attached hydrogens (tertiary/aromatic N) is 2. The summed E-state index contributed by atoms with van der Waals surface area (Å²) in [7, 11) is 0. The van der Waals surface area contributed by atoms with Gasteiger partial charge in [0, 0.05) is 21.9 Å². The molecule has 1 rings (SSSR count). The van der Waals surface area contributed by atoms with E-state index in [-0.39, 0.29) is 12.3 Å². The summed E-state index contributed by atoms with van der Waals surface area (Å²) < 4.78 is 8.49. The zero-order valence-corrected chi connectivity index (χ0v) is 10.6. The van der Waals surface area contributed by atoms with Crippen molar-refractivity contribution in [2.45, 2.75) is 11.8 Å². The molecule has 88 valence electrons. The van der Waals surface area contributed by atoms with Crippen LogP contribution in [0.15, 0.2) is 33.6 Å². The Morgan fingerprint density at radius 1 is 1.53 bits per heavy atom.